The van der Waals surface area contributed by atoms with Gasteiger partial charge in [0.25, 0.3) is 5.24 Å². The predicted octanol–water partition coefficient (Wildman–Crippen LogP) is 3.09. The van der Waals surface area contributed by atoms with Crippen molar-refractivity contribution in [2.45, 2.75) is 18.6 Å². The highest BCUT2D eigenvalue weighted by Crippen LogP contribution is 2.34. The monoisotopic (exact) mass is 430 g/mol. The van der Waals surface area contributed by atoms with Gasteiger partial charge in [0.05, 0.1) is 23.5 Å². The fourth-order valence-electron chi connectivity index (χ4n) is 2.87. The van der Waals surface area contributed by atoms with E-state index in [4.69, 9.17) is 4.74 Å². The zero-order valence-corrected chi connectivity index (χ0v) is 16.6. The summed E-state index contributed by atoms with van der Waals surface area (Å²) < 4.78 is 5.34. The van der Waals surface area contributed by atoms with E-state index in [0.717, 1.165) is 22.7 Å². The first-order chi connectivity index (χ1) is 14.3. The molecule has 1 atom stereocenters. The molecule has 2 aromatic carbocycles. The predicted molar refractivity (Wildman–Crippen MR) is 110 cm³/mol. The smallest absolute Gasteiger partial charge is 0.337 e. The molecule has 1 aliphatic rings. The van der Waals surface area contributed by atoms with Crippen LogP contribution in [0.1, 0.15) is 23.7 Å². The van der Waals surface area contributed by atoms with E-state index in [1.807, 2.05) is 6.92 Å². The Morgan fingerprint density at radius 3 is 2.50 bits per heavy atom. The number of carboxylic acid groups (broad SMARTS) is 1. The Hall–Kier alpha value is -3.53. The van der Waals surface area contributed by atoms with Crippen molar-refractivity contribution in [1.29, 1.82) is 0 Å². The standard InChI is InChI=1S/C20H18N2O7S/c1-2-29-13-6-3-11(4-7-13)22-18(25)16(30-20(22)28)10-17(24)21-15-8-5-12(23)9-14(15)19(26)27/h3-9,16,23H,2,10H2,1H3,(H,21,24)(H,26,27). The van der Waals surface area contributed by atoms with Crippen LogP contribution in [0.25, 0.3) is 0 Å². The van der Waals surface area contributed by atoms with Gasteiger partial charge in [-0.05, 0) is 61.2 Å². The van der Waals surface area contributed by atoms with Crippen LogP contribution in [0.3, 0.4) is 0 Å². The maximum atomic E-state index is 12.7. The highest BCUT2D eigenvalue weighted by molar-refractivity contribution is 8.15. The fraction of sp³-hybridized carbons (Fsp3) is 0.200. The van der Waals surface area contributed by atoms with Crippen molar-refractivity contribution in [1.82, 2.24) is 0 Å². The number of nitrogens with one attached hydrogen (secondary N) is 1. The van der Waals surface area contributed by atoms with Gasteiger partial charge in [-0.2, -0.15) is 0 Å². The minimum absolute atomic E-state index is 0.0181. The summed E-state index contributed by atoms with van der Waals surface area (Å²) in [6.07, 6.45) is -0.317. The number of aromatic carboxylic acids is 1. The van der Waals surface area contributed by atoms with Crippen LogP contribution < -0.4 is 15.0 Å². The number of hydrogen-bond donors (Lipinski definition) is 3. The van der Waals surface area contributed by atoms with Crippen LogP contribution in [0.5, 0.6) is 11.5 Å². The number of imide groups is 1. The Morgan fingerprint density at radius 1 is 1.17 bits per heavy atom. The zero-order chi connectivity index (χ0) is 21.8. The van der Waals surface area contributed by atoms with Gasteiger partial charge in [0.2, 0.25) is 11.8 Å². The molecule has 1 unspecified atom stereocenters. The van der Waals surface area contributed by atoms with E-state index in [0.29, 0.717) is 18.0 Å². The third-order valence-corrected chi connectivity index (χ3v) is 5.24. The number of carbonyl (C=O) groups is 4. The topological polar surface area (TPSA) is 133 Å². The molecule has 1 heterocycles. The average Bonchev–Trinajstić information content (AvgIpc) is 2.97. The first-order valence-electron chi connectivity index (χ1n) is 8.93. The molecule has 1 aliphatic heterocycles. The van der Waals surface area contributed by atoms with E-state index in [2.05, 4.69) is 5.32 Å². The van der Waals surface area contributed by atoms with Crippen LogP contribution in [0, 0.1) is 0 Å². The summed E-state index contributed by atoms with van der Waals surface area (Å²) in [7, 11) is 0. The van der Waals surface area contributed by atoms with Crippen LogP contribution >= 0.6 is 11.8 Å². The molecule has 10 heteroatoms. The van der Waals surface area contributed by atoms with Gasteiger partial charge in [-0.3, -0.25) is 14.4 Å². The number of aromatic hydroxyl groups is 1. The minimum atomic E-state index is -1.33. The van der Waals surface area contributed by atoms with Gasteiger partial charge in [-0.1, -0.05) is 0 Å². The molecule has 3 rings (SSSR count). The van der Waals surface area contributed by atoms with Crippen molar-refractivity contribution in [2.75, 3.05) is 16.8 Å². The number of phenolic OH excluding ortho intramolecular Hbond substituents is 1. The molecule has 0 radical (unpaired) electrons. The summed E-state index contributed by atoms with van der Waals surface area (Å²) in [5.41, 5.74) is 0.0619. The Labute approximate surface area is 175 Å². The Balaban J connectivity index is 1.69. The molecule has 30 heavy (non-hydrogen) atoms. The maximum Gasteiger partial charge on any atom is 0.337 e. The average molecular weight is 430 g/mol. The van der Waals surface area contributed by atoms with Gasteiger partial charge >= 0.3 is 5.97 Å². The van der Waals surface area contributed by atoms with Crippen LogP contribution in [0.15, 0.2) is 42.5 Å². The molecule has 0 aromatic heterocycles. The molecule has 0 aliphatic carbocycles. The normalized spacial score (nSPS) is 15.9. The second-order valence-corrected chi connectivity index (χ2v) is 7.41. The Kier molecular flexibility index (Phi) is 6.26. The van der Waals surface area contributed by atoms with E-state index in [9.17, 15) is 29.4 Å². The van der Waals surface area contributed by atoms with E-state index in [1.54, 1.807) is 24.3 Å². The van der Waals surface area contributed by atoms with E-state index >= 15 is 0 Å². The molecule has 156 valence electrons. The van der Waals surface area contributed by atoms with Crippen LogP contribution in [-0.2, 0) is 9.59 Å². The first kappa shape index (κ1) is 21.2. The number of ether oxygens (including phenoxy) is 1. The molecule has 9 nitrogen and oxygen atoms in total. The second-order valence-electron chi connectivity index (χ2n) is 6.26. The minimum Gasteiger partial charge on any atom is -0.508 e. The largest absolute Gasteiger partial charge is 0.508 e. The number of phenols is 1. The summed E-state index contributed by atoms with van der Waals surface area (Å²) in [6, 6.07) is 9.93. The number of amides is 3. The summed E-state index contributed by atoms with van der Waals surface area (Å²) in [5, 5.41) is 19.6. The Bertz CT molecular complexity index is 1010. The molecular formula is C20H18N2O7S. The third kappa shape index (κ3) is 4.54. The molecule has 0 bridgehead atoms. The molecule has 3 amide bonds. The molecular weight excluding hydrogens is 412 g/mol. The molecule has 0 spiro atoms. The van der Waals surface area contributed by atoms with Gasteiger partial charge in [0.15, 0.2) is 0 Å². The van der Waals surface area contributed by atoms with Crippen LogP contribution in [-0.4, -0.2) is 45.1 Å². The summed E-state index contributed by atoms with van der Waals surface area (Å²) in [6.45, 7) is 2.32. The number of hydrogen-bond acceptors (Lipinski definition) is 7. The quantitative estimate of drug-likeness (QED) is 0.571. The highest BCUT2D eigenvalue weighted by atomic mass is 32.2. The van der Waals surface area contributed by atoms with E-state index in [1.165, 1.54) is 12.1 Å². The maximum absolute atomic E-state index is 12.7. The fourth-order valence-corrected chi connectivity index (χ4v) is 3.85. The highest BCUT2D eigenvalue weighted by Gasteiger charge is 2.41. The van der Waals surface area contributed by atoms with Crippen molar-refractivity contribution in [3.05, 3.63) is 48.0 Å². The summed E-state index contributed by atoms with van der Waals surface area (Å²) >= 11 is 0.732. The zero-order valence-electron chi connectivity index (χ0n) is 15.8. The number of thioether (sulfide) groups is 1. The van der Waals surface area contributed by atoms with Crippen molar-refractivity contribution < 1.29 is 34.1 Å². The number of carbonyl (C=O) groups excluding carboxylic acids is 3. The molecule has 0 saturated carbocycles. The first-order valence-corrected chi connectivity index (χ1v) is 9.81. The molecule has 1 saturated heterocycles. The van der Waals surface area contributed by atoms with Gasteiger partial charge in [-0.25, -0.2) is 9.69 Å². The van der Waals surface area contributed by atoms with E-state index in [-0.39, 0.29) is 23.4 Å². The second kappa shape index (κ2) is 8.87. The van der Waals surface area contributed by atoms with Gasteiger partial charge in [-0.15, -0.1) is 0 Å². The third-order valence-electron chi connectivity index (χ3n) is 4.21. The van der Waals surface area contributed by atoms with E-state index < -0.39 is 28.3 Å². The van der Waals surface area contributed by atoms with Gasteiger partial charge < -0.3 is 20.3 Å². The summed E-state index contributed by atoms with van der Waals surface area (Å²) in [4.78, 5) is 49.6. The summed E-state index contributed by atoms with van der Waals surface area (Å²) in [5.74, 6) is -2.15. The number of rotatable bonds is 7. The molecule has 2 aromatic rings. The number of benzene rings is 2. The lowest BCUT2D eigenvalue weighted by Crippen LogP contribution is -2.33. The van der Waals surface area contributed by atoms with Crippen LogP contribution in [0.2, 0.25) is 0 Å². The van der Waals surface area contributed by atoms with Crippen LogP contribution in [0.4, 0.5) is 16.2 Å². The van der Waals surface area contributed by atoms with Crippen molar-refractivity contribution in [3.63, 3.8) is 0 Å². The van der Waals surface area contributed by atoms with Gasteiger partial charge in [0.1, 0.15) is 16.7 Å². The van der Waals surface area contributed by atoms with Crippen molar-refractivity contribution >= 4 is 46.2 Å². The van der Waals surface area contributed by atoms with Gasteiger partial charge in [0, 0.05) is 6.42 Å². The number of nitrogens with zero attached hydrogens (tertiary/aromatic N) is 1. The number of anilines is 2. The lowest BCUT2D eigenvalue weighted by Gasteiger charge is -2.15. The SMILES string of the molecule is CCOc1ccc(N2C(=O)SC(CC(=O)Nc3ccc(O)cc3C(=O)O)C2=O)cc1. The molecule has 3 N–H and O–H groups in total. The lowest BCUT2D eigenvalue weighted by molar-refractivity contribution is -0.121. The molecule has 1 fully saturated rings. The Morgan fingerprint density at radius 2 is 1.87 bits per heavy atom. The lowest BCUT2D eigenvalue weighted by atomic mass is 10.1. The number of carboxylic acids is 1. The van der Waals surface area contributed by atoms with Crippen molar-refractivity contribution in [2.24, 2.45) is 0 Å². The van der Waals surface area contributed by atoms with Crippen molar-refractivity contribution in [3.8, 4) is 11.5 Å².